The maximum Gasteiger partial charge on any atom is 0.0916 e. The quantitative estimate of drug-likeness (QED) is 0.658. The molecule has 1 heterocycles. The summed E-state index contributed by atoms with van der Waals surface area (Å²) in [5, 5.41) is 0. The first kappa shape index (κ1) is 14.1. The predicted molar refractivity (Wildman–Crippen MR) is 55.1 cm³/mol. The van der Waals surface area contributed by atoms with Crippen molar-refractivity contribution in [1.82, 2.24) is 14.7 Å². The molecular formula is C10H20N3W-. The summed E-state index contributed by atoms with van der Waals surface area (Å²) in [5.74, 6) is 0. The number of hydrogen-bond acceptors (Lipinski definition) is 3. The average molecular weight is 366 g/mol. The Morgan fingerprint density at radius 3 is 2.14 bits per heavy atom. The molecule has 14 heavy (non-hydrogen) atoms. The van der Waals surface area contributed by atoms with Gasteiger partial charge in [0.2, 0.25) is 0 Å². The zero-order chi connectivity index (χ0) is 10.0. The minimum absolute atomic E-state index is 0. The van der Waals surface area contributed by atoms with Crippen molar-refractivity contribution in [3.05, 3.63) is 12.3 Å². The Balaban J connectivity index is 0.00000169. The van der Waals surface area contributed by atoms with Crippen molar-refractivity contribution in [2.24, 2.45) is 0 Å². The monoisotopic (exact) mass is 366 g/mol. The molecule has 0 aromatic carbocycles. The van der Waals surface area contributed by atoms with Crippen LogP contribution in [-0.4, -0.2) is 62.1 Å². The summed E-state index contributed by atoms with van der Waals surface area (Å²) in [4.78, 5) is 6.73. The molecule has 0 fully saturated rings. The van der Waals surface area contributed by atoms with E-state index in [1.54, 1.807) is 0 Å². The van der Waals surface area contributed by atoms with Crippen molar-refractivity contribution in [2.75, 3.05) is 35.2 Å². The molecule has 1 aliphatic heterocycles. The Bertz CT molecular complexity index is 192. The summed E-state index contributed by atoms with van der Waals surface area (Å²) in [6, 6.07) is 0.532. The minimum Gasteiger partial charge on any atom is -0.478 e. The van der Waals surface area contributed by atoms with Gasteiger partial charge in [0, 0.05) is 34.2 Å². The molecule has 0 radical (unpaired) electrons. The molecule has 4 heteroatoms. The number of rotatable bonds is 2. The second-order valence-corrected chi connectivity index (χ2v) is 4.11. The molecule has 0 aromatic heterocycles. The van der Waals surface area contributed by atoms with E-state index in [1.807, 2.05) is 6.20 Å². The molecule has 0 unspecified atom stereocenters. The zero-order valence-corrected chi connectivity index (χ0v) is 12.6. The zero-order valence-electron chi connectivity index (χ0n) is 9.69. The molecule has 1 aliphatic rings. The molecular weight excluding hydrogens is 346 g/mol. The molecule has 0 aromatic rings. The standard InChI is InChI=1S/C10H20N3.W/c1-11(2)9-7-6-8-13(5)10(9)12(3)4;/h8-10H,7H2,1-5H3;/q-1;/t9-,10-;/m0./s1. The first-order chi connectivity index (χ1) is 6.04. The topological polar surface area (TPSA) is 9.72 Å². The van der Waals surface area contributed by atoms with Crippen LogP contribution in [0.25, 0.3) is 0 Å². The normalized spacial score (nSPS) is 26.9. The van der Waals surface area contributed by atoms with E-state index in [-0.39, 0.29) is 21.1 Å². The van der Waals surface area contributed by atoms with Crippen LogP contribution in [0, 0.1) is 6.08 Å². The van der Waals surface area contributed by atoms with E-state index in [0.29, 0.717) is 12.2 Å². The van der Waals surface area contributed by atoms with Crippen LogP contribution in [0.1, 0.15) is 6.42 Å². The Kier molecular flexibility index (Phi) is 5.95. The first-order valence-electron chi connectivity index (χ1n) is 4.65. The summed E-state index contributed by atoms with van der Waals surface area (Å²) in [5.41, 5.74) is 0. The largest absolute Gasteiger partial charge is 0.478 e. The number of hydrogen-bond donors (Lipinski definition) is 0. The summed E-state index contributed by atoms with van der Waals surface area (Å²) in [6.07, 6.45) is 6.80. The van der Waals surface area contributed by atoms with Gasteiger partial charge in [-0.25, -0.2) is 0 Å². The summed E-state index contributed by atoms with van der Waals surface area (Å²) >= 11 is 0. The van der Waals surface area contributed by atoms with E-state index >= 15 is 0 Å². The van der Waals surface area contributed by atoms with E-state index in [9.17, 15) is 0 Å². The van der Waals surface area contributed by atoms with Crippen LogP contribution >= 0.6 is 0 Å². The fourth-order valence-corrected chi connectivity index (χ4v) is 1.93. The summed E-state index contributed by atoms with van der Waals surface area (Å²) in [7, 11) is 10.6. The van der Waals surface area contributed by atoms with Gasteiger partial charge in [-0.3, -0.25) is 4.90 Å². The number of likely N-dealkylation sites (N-methyl/N-ethyl adjacent to an activating group) is 3. The van der Waals surface area contributed by atoms with Crippen molar-refractivity contribution in [3.63, 3.8) is 0 Å². The van der Waals surface area contributed by atoms with Gasteiger partial charge in [0.05, 0.1) is 6.17 Å². The summed E-state index contributed by atoms with van der Waals surface area (Å²) in [6.45, 7) is 0. The van der Waals surface area contributed by atoms with Crippen molar-refractivity contribution in [2.45, 2.75) is 18.6 Å². The maximum absolute atomic E-state index is 3.28. The molecule has 0 spiro atoms. The van der Waals surface area contributed by atoms with E-state index < -0.39 is 0 Å². The van der Waals surface area contributed by atoms with Gasteiger partial charge in [0.1, 0.15) is 0 Å². The minimum atomic E-state index is 0. The van der Waals surface area contributed by atoms with Crippen molar-refractivity contribution >= 4 is 0 Å². The molecule has 0 saturated carbocycles. The van der Waals surface area contributed by atoms with Crippen molar-refractivity contribution in [3.8, 4) is 0 Å². The molecule has 0 amide bonds. The van der Waals surface area contributed by atoms with Crippen molar-refractivity contribution < 1.29 is 21.1 Å². The van der Waals surface area contributed by atoms with Gasteiger partial charge in [-0.05, 0) is 28.2 Å². The SMILES string of the molecule is CN(C)[C@H]1C[C-]=CN(C)[C@@H]1N(C)C.[W]. The van der Waals surface area contributed by atoms with Crippen molar-refractivity contribution in [1.29, 1.82) is 0 Å². The van der Waals surface area contributed by atoms with E-state index in [1.165, 1.54) is 0 Å². The smallest absolute Gasteiger partial charge is 0.0916 e. The molecule has 0 N–H and O–H groups in total. The average Bonchev–Trinajstić information content (AvgIpc) is 2.02. The van der Waals surface area contributed by atoms with Gasteiger partial charge < -0.3 is 15.9 Å². The molecule has 0 saturated heterocycles. The molecule has 0 aliphatic carbocycles. The fraction of sp³-hybridized carbons (Fsp3) is 0.800. The van der Waals surface area contributed by atoms with Gasteiger partial charge in [-0.1, -0.05) is 0 Å². The van der Waals surface area contributed by atoms with Gasteiger partial charge in [-0.2, -0.15) is 12.6 Å². The Morgan fingerprint density at radius 1 is 1.21 bits per heavy atom. The Labute approximate surface area is 102 Å². The maximum atomic E-state index is 3.28. The molecule has 2 atom stereocenters. The van der Waals surface area contributed by atoms with E-state index in [4.69, 9.17) is 0 Å². The second-order valence-electron chi connectivity index (χ2n) is 4.11. The van der Waals surface area contributed by atoms with Crippen LogP contribution < -0.4 is 0 Å². The first-order valence-corrected chi connectivity index (χ1v) is 4.65. The third kappa shape index (κ3) is 3.08. The Morgan fingerprint density at radius 2 is 1.79 bits per heavy atom. The van der Waals surface area contributed by atoms with Crippen LogP contribution in [0.15, 0.2) is 6.20 Å². The van der Waals surface area contributed by atoms with Crippen LogP contribution in [-0.2, 0) is 21.1 Å². The van der Waals surface area contributed by atoms with E-state index in [0.717, 1.165) is 6.42 Å². The molecule has 3 nitrogen and oxygen atoms in total. The number of nitrogens with zero attached hydrogens (tertiary/aromatic N) is 3. The summed E-state index contributed by atoms with van der Waals surface area (Å²) < 4.78 is 0. The van der Waals surface area contributed by atoms with Gasteiger partial charge in [-0.15, -0.1) is 0 Å². The third-order valence-electron chi connectivity index (χ3n) is 2.58. The molecule has 0 bridgehead atoms. The molecule has 82 valence electrons. The van der Waals surface area contributed by atoms with Crippen LogP contribution in [0.5, 0.6) is 0 Å². The fourth-order valence-electron chi connectivity index (χ4n) is 1.93. The van der Waals surface area contributed by atoms with E-state index in [2.05, 4.69) is 56.0 Å². The Hall–Kier alpha value is 0.148. The van der Waals surface area contributed by atoms with Gasteiger partial charge >= 0.3 is 0 Å². The predicted octanol–water partition coefficient (Wildman–Crippen LogP) is 0.454. The van der Waals surface area contributed by atoms with Crippen LogP contribution in [0.2, 0.25) is 0 Å². The van der Waals surface area contributed by atoms with Crippen LogP contribution in [0.3, 0.4) is 0 Å². The third-order valence-corrected chi connectivity index (χ3v) is 2.58. The second kappa shape index (κ2) is 5.89. The van der Waals surface area contributed by atoms with Crippen LogP contribution in [0.4, 0.5) is 0 Å². The molecule has 1 rings (SSSR count). The van der Waals surface area contributed by atoms with Gasteiger partial charge in [0.25, 0.3) is 0 Å². The van der Waals surface area contributed by atoms with Gasteiger partial charge in [0.15, 0.2) is 0 Å².